The lowest BCUT2D eigenvalue weighted by atomic mass is 10.2. The van der Waals surface area contributed by atoms with E-state index in [1.165, 1.54) is 24.3 Å². The molecular weight excluding hydrogens is 228 g/mol. The molecule has 0 aliphatic carbocycles. The van der Waals surface area contributed by atoms with E-state index in [1.807, 2.05) is 0 Å². The highest BCUT2D eigenvalue weighted by Crippen LogP contribution is 2.17. The largest absolute Gasteiger partial charge is 0.550 e. The molecule has 1 aromatic carbocycles. The molecule has 1 rings (SSSR count). The van der Waals surface area contributed by atoms with Crippen LogP contribution < -0.4 is 10.4 Å². The Balaban J connectivity index is 2.62. The first-order chi connectivity index (χ1) is 7.99. The minimum atomic E-state index is -1.32. The third-order valence-electron chi connectivity index (χ3n) is 1.90. The molecule has 0 aromatic heterocycles. The van der Waals surface area contributed by atoms with Gasteiger partial charge in [0.15, 0.2) is 0 Å². The van der Waals surface area contributed by atoms with Crippen LogP contribution in [-0.2, 0) is 9.59 Å². The second-order valence-electron chi connectivity index (χ2n) is 3.23. The number of carbonyl (C=O) groups excluding carboxylic acids is 2. The van der Waals surface area contributed by atoms with Crippen molar-refractivity contribution in [1.29, 1.82) is 0 Å². The van der Waals surface area contributed by atoms with E-state index < -0.39 is 16.8 Å². The summed E-state index contributed by atoms with van der Waals surface area (Å²) < 4.78 is 0. The van der Waals surface area contributed by atoms with E-state index >= 15 is 0 Å². The lowest BCUT2D eigenvalue weighted by Crippen LogP contribution is -2.24. The van der Waals surface area contributed by atoms with Crippen molar-refractivity contribution < 1.29 is 19.6 Å². The summed E-state index contributed by atoms with van der Waals surface area (Å²) in [7, 11) is 0. The fourth-order valence-corrected chi connectivity index (χ4v) is 1.14. The third kappa shape index (κ3) is 4.29. The number of amides is 1. The molecule has 1 amide bonds. The van der Waals surface area contributed by atoms with Crippen LogP contribution >= 0.6 is 0 Å². The first kappa shape index (κ1) is 12.6. The number of hydrogen-bond acceptors (Lipinski definition) is 5. The van der Waals surface area contributed by atoms with E-state index in [-0.39, 0.29) is 24.2 Å². The number of aliphatic carboxylic acids is 1. The Morgan fingerprint density at radius 2 is 2.00 bits per heavy atom. The molecule has 0 spiro atoms. The van der Waals surface area contributed by atoms with Crippen molar-refractivity contribution in [3.63, 3.8) is 0 Å². The van der Waals surface area contributed by atoms with Crippen molar-refractivity contribution in [2.75, 3.05) is 5.32 Å². The number of carboxylic acid groups (broad SMARTS) is 1. The van der Waals surface area contributed by atoms with Gasteiger partial charge in [-0.2, -0.15) is 0 Å². The third-order valence-corrected chi connectivity index (χ3v) is 1.90. The lowest BCUT2D eigenvalue weighted by Gasteiger charge is -2.05. The minimum absolute atomic E-state index is 0.150. The predicted molar refractivity (Wildman–Crippen MR) is 56.0 cm³/mol. The summed E-state index contributed by atoms with van der Waals surface area (Å²) >= 11 is 0. The average Bonchev–Trinajstić information content (AvgIpc) is 2.26. The first-order valence-corrected chi connectivity index (χ1v) is 4.73. The maximum atomic E-state index is 11.2. The highest BCUT2D eigenvalue weighted by Gasteiger charge is 2.07. The van der Waals surface area contributed by atoms with Gasteiger partial charge in [0.1, 0.15) is 0 Å². The Morgan fingerprint density at radius 1 is 1.29 bits per heavy atom. The molecule has 0 heterocycles. The summed E-state index contributed by atoms with van der Waals surface area (Å²) in [6, 6.07) is 5.38. The second-order valence-corrected chi connectivity index (χ2v) is 3.23. The normalized spacial score (nSPS) is 9.65. The van der Waals surface area contributed by atoms with E-state index in [0.29, 0.717) is 0 Å². The number of benzene rings is 1. The Hall–Kier alpha value is -2.44. The van der Waals surface area contributed by atoms with E-state index in [2.05, 4.69) is 5.32 Å². The number of non-ortho nitro benzene ring substituents is 1. The predicted octanol–water partition coefficient (Wildman–Crippen LogP) is 0.0634. The molecule has 7 nitrogen and oxygen atoms in total. The highest BCUT2D eigenvalue weighted by atomic mass is 16.6. The van der Waals surface area contributed by atoms with Crippen LogP contribution in [0.3, 0.4) is 0 Å². The van der Waals surface area contributed by atoms with Crippen molar-refractivity contribution in [1.82, 2.24) is 0 Å². The van der Waals surface area contributed by atoms with E-state index in [4.69, 9.17) is 0 Å². The van der Waals surface area contributed by atoms with Crippen LogP contribution in [0.25, 0.3) is 0 Å². The number of hydrogen-bond donors (Lipinski definition) is 1. The van der Waals surface area contributed by atoms with Crippen molar-refractivity contribution in [3.8, 4) is 0 Å². The molecule has 0 saturated carbocycles. The number of nitrogens with one attached hydrogen (secondary N) is 1. The summed E-state index contributed by atoms with van der Waals surface area (Å²) in [4.78, 5) is 31.2. The molecule has 0 saturated heterocycles. The van der Waals surface area contributed by atoms with Gasteiger partial charge in [-0.05, 0) is 12.5 Å². The lowest BCUT2D eigenvalue weighted by molar-refractivity contribution is -0.384. The standard InChI is InChI=1S/C10H10N2O5/c13-9(4-5-10(14)15)11-7-2-1-3-8(6-7)12(16)17/h1-3,6H,4-5H2,(H,11,13)(H,14,15)/p-1. The summed E-state index contributed by atoms with van der Waals surface area (Å²) in [5.41, 5.74) is 0.102. The van der Waals surface area contributed by atoms with Crippen LogP contribution in [-0.4, -0.2) is 16.8 Å². The molecule has 0 fully saturated rings. The zero-order valence-corrected chi connectivity index (χ0v) is 8.71. The maximum absolute atomic E-state index is 11.2. The number of nitro benzene ring substituents is 1. The van der Waals surface area contributed by atoms with Gasteiger partial charge in [0.2, 0.25) is 5.91 Å². The first-order valence-electron chi connectivity index (χ1n) is 4.73. The fourth-order valence-electron chi connectivity index (χ4n) is 1.14. The van der Waals surface area contributed by atoms with Gasteiger partial charge < -0.3 is 15.2 Å². The molecule has 0 unspecified atom stereocenters. The van der Waals surface area contributed by atoms with Gasteiger partial charge in [0.05, 0.1) is 4.92 Å². The zero-order chi connectivity index (χ0) is 12.8. The van der Waals surface area contributed by atoms with Gasteiger partial charge in [-0.3, -0.25) is 14.9 Å². The molecule has 0 bridgehead atoms. The molecule has 1 N–H and O–H groups in total. The SMILES string of the molecule is O=C([O-])CCC(=O)Nc1cccc([N+](=O)[O-])c1. The number of carbonyl (C=O) groups is 2. The van der Waals surface area contributed by atoms with Crippen LogP contribution in [0.5, 0.6) is 0 Å². The second kappa shape index (κ2) is 5.59. The average molecular weight is 237 g/mol. The van der Waals surface area contributed by atoms with E-state index in [9.17, 15) is 24.8 Å². The van der Waals surface area contributed by atoms with Crippen LogP contribution in [0.4, 0.5) is 11.4 Å². The monoisotopic (exact) mass is 237 g/mol. The van der Waals surface area contributed by atoms with Gasteiger partial charge >= 0.3 is 0 Å². The molecule has 0 atom stereocenters. The minimum Gasteiger partial charge on any atom is -0.550 e. The summed E-state index contributed by atoms with van der Waals surface area (Å²) in [5.74, 6) is -1.85. The van der Waals surface area contributed by atoms with Gasteiger partial charge in [0, 0.05) is 30.2 Å². The summed E-state index contributed by atoms with van der Waals surface area (Å²) in [6.07, 6.45) is -0.619. The van der Waals surface area contributed by atoms with Crippen molar-refractivity contribution in [3.05, 3.63) is 34.4 Å². The Bertz CT molecular complexity index is 458. The molecule has 1 aromatic rings. The van der Waals surface area contributed by atoms with Crippen LogP contribution in [0.15, 0.2) is 24.3 Å². The molecule has 7 heteroatoms. The summed E-state index contributed by atoms with van der Waals surface area (Å²) in [5, 5.41) is 22.9. The summed E-state index contributed by atoms with van der Waals surface area (Å²) in [6.45, 7) is 0. The number of nitrogens with zero attached hydrogens (tertiary/aromatic N) is 1. The Morgan fingerprint density at radius 3 is 2.59 bits per heavy atom. The van der Waals surface area contributed by atoms with Crippen LogP contribution in [0.2, 0.25) is 0 Å². The molecule has 0 aliphatic heterocycles. The van der Waals surface area contributed by atoms with Gasteiger partial charge in [0.25, 0.3) is 5.69 Å². The van der Waals surface area contributed by atoms with Gasteiger partial charge in [-0.15, -0.1) is 0 Å². The highest BCUT2D eigenvalue weighted by molar-refractivity contribution is 5.92. The van der Waals surface area contributed by atoms with Crippen LogP contribution in [0, 0.1) is 10.1 Å². The van der Waals surface area contributed by atoms with Crippen molar-refractivity contribution in [2.45, 2.75) is 12.8 Å². The number of rotatable bonds is 5. The van der Waals surface area contributed by atoms with Crippen molar-refractivity contribution >= 4 is 23.3 Å². The maximum Gasteiger partial charge on any atom is 0.271 e. The number of nitro groups is 1. The molecule has 90 valence electrons. The van der Waals surface area contributed by atoms with E-state index in [1.54, 1.807) is 0 Å². The number of anilines is 1. The smallest absolute Gasteiger partial charge is 0.271 e. The van der Waals surface area contributed by atoms with Crippen molar-refractivity contribution in [2.24, 2.45) is 0 Å². The number of carboxylic acids is 1. The molecule has 0 radical (unpaired) electrons. The van der Waals surface area contributed by atoms with Gasteiger partial charge in [-0.25, -0.2) is 0 Å². The molecule has 0 aliphatic rings. The Kier molecular flexibility index (Phi) is 4.15. The topological polar surface area (TPSA) is 112 Å². The fraction of sp³-hybridized carbons (Fsp3) is 0.200. The van der Waals surface area contributed by atoms with E-state index in [0.717, 1.165) is 0 Å². The van der Waals surface area contributed by atoms with Crippen LogP contribution in [0.1, 0.15) is 12.8 Å². The zero-order valence-electron chi connectivity index (χ0n) is 8.71. The van der Waals surface area contributed by atoms with Gasteiger partial charge in [-0.1, -0.05) is 6.07 Å². The Labute approximate surface area is 96.2 Å². The quantitative estimate of drug-likeness (QED) is 0.574. The molecule has 17 heavy (non-hydrogen) atoms. The molecular formula is C10H9N2O5-.